The van der Waals surface area contributed by atoms with Crippen LogP contribution in [0.1, 0.15) is 17.5 Å². The number of carbonyl (C=O) groups is 2. The van der Waals surface area contributed by atoms with Crippen molar-refractivity contribution in [3.05, 3.63) is 65.7 Å². The van der Waals surface area contributed by atoms with E-state index in [1.807, 2.05) is 32.3 Å². The predicted molar refractivity (Wildman–Crippen MR) is 94.6 cm³/mol. The first-order valence-electron chi connectivity index (χ1n) is 8.19. The van der Waals surface area contributed by atoms with Gasteiger partial charge in [-0.1, -0.05) is 42.5 Å². The number of hydrogen-bond acceptors (Lipinski definition) is 3. The second kappa shape index (κ2) is 6.97. The second-order valence-corrected chi connectivity index (χ2v) is 6.56. The first-order valence-corrected chi connectivity index (χ1v) is 8.19. The standard InChI is InChI=1S/C20H22N2O2/c1-21(2)14-16-10-8-15(9-11-16)12-17-13-19(23)22(20(17)24)18-6-4-3-5-7-18/h3-11,17H,12-14H2,1-2H3. The molecule has 0 radical (unpaired) electrons. The molecule has 124 valence electrons. The Balaban J connectivity index is 1.70. The molecule has 2 amide bonds. The van der Waals surface area contributed by atoms with Crippen LogP contribution in [-0.2, 0) is 22.6 Å². The number of nitrogens with zero attached hydrogens (tertiary/aromatic N) is 2. The van der Waals surface area contributed by atoms with Gasteiger partial charge in [0.15, 0.2) is 0 Å². The van der Waals surface area contributed by atoms with E-state index in [2.05, 4.69) is 29.2 Å². The van der Waals surface area contributed by atoms with Crippen molar-refractivity contribution in [2.24, 2.45) is 5.92 Å². The van der Waals surface area contributed by atoms with Gasteiger partial charge >= 0.3 is 0 Å². The van der Waals surface area contributed by atoms with Gasteiger partial charge in [-0.3, -0.25) is 14.5 Å². The normalized spacial score (nSPS) is 17.8. The Morgan fingerprint density at radius 2 is 1.58 bits per heavy atom. The molecule has 1 fully saturated rings. The van der Waals surface area contributed by atoms with Crippen molar-refractivity contribution in [1.29, 1.82) is 0 Å². The van der Waals surface area contributed by atoms with Crippen LogP contribution in [0, 0.1) is 5.92 Å². The van der Waals surface area contributed by atoms with Gasteiger partial charge in [0.1, 0.15) is 0 Å². The Labute approximate surface area is 142 Å². The van der Waals surface area contributed by atoms with E-state index in [1.54, 1.807) is 12.1 Å². The minimum Gasteiger partial charge on any atom is -0.305 e. The number of anilines is 1. The lowest BCUT2D eigenvalue weighted by Gasteiger charge is -2.15. The van der Waals surface area contributed by atoms with Crippen LogP contribution >= 0.6 is 0 Å². The quantitative estimate of drug-likeness (QED) is 0.795. The number of benzene rings is 2. The Morgan fingerprint density at radius 1 is 0.958 bits per heavy atom. The summed E-state index contributed by atoms with van der Waals surface area (Å²) in [7, 11) is 4.07. The molecule has 0 bridgehead atoms. The van der Waals surface area contributed by atoms with Crippen LogP contribution in [0.3, 0.4) is 0 Å². The third-order valence-corrected chi connectivity index (χ3v) is 4.26. The van der Waals surface area contributed by atoms with E-state index in [4.69, 9.17) is 0 Å². The SMILES string of the molecule is CN(C)Cc1ccc(CC2CC(=O)N(c3ccccc3)C2=O)cc1. The summed E-state index contributed by atoms with van der Waals surface area (Å²) in [5.74, 6) is -0.471. The van der Waals surface area contributed by atoms with Crippen molar-refractivity contribution in [1.82, 2.24) is 4.90 Å². The number of amides is 2. The molecule has 0 aromatic heterocycles. The smallest absolute Gasteiger partial charge is 0.237 e. The number of hydrogen-bond donors (Lipinski definition) is 0. The highest BCUT2D eigenvalue weighted by atomic mass is 16.2. The lowest BCUT2D eigenvalue weighted by Crippen LogP contribution is -2.30. The molecular weight excluding hydrogens is 300 g/mol. The number of carbonyl (C=O) groups excluding carboxylic acids is 2. The van der Waals surface area contributed by atoms with Crippen LogP contribution in [0.15, 0.2) is 54.6 Å². The van der Waals surface area contributed by atoms with E-state index in [9.17, 15) is 9.59 Å². The van der Waals surface area contributed by atoms with Crippen molar-refractivity contribution in [3.8, 4) is 0 Å². The highest BCUT2D eigenvalue weighted by Crippen LogP contribution is 2.28. The van der Waals surface area contributed by atoms with Gasteiger partial charge in [-0.05, 0) is 43.8 Å². The lowest BCUT2D eigenvalue weighted by atomic mass is 9.97. The minimum absolute atomic E-state index is 0.0939. The topological polar surface area (TPSA) is 40.6 Å². The minimum atomic E-state index is -0.266. The Bertz CT molecular complexity index is 723. The van der Waals surface area contributed by atoms with Gasteiger partial charge in [-0.2, -0.15) is 0 Å². The Hall–Kier alpha value is -2.46. The molecule has 1 atom stereocenters. The van der Waals surface area contributed by atoms with E-state index in [0.29, 0.717) is 12.1 Å². The van der Waals surface area contributed by atoms with Gasteiger partial charge in [0.25, 0.3) is 0 Å². The summed E-state index contributed by atoms with van der Waals surface area (Å²) in [5, 5.41) is 0. The molecule has 1 unspecified atom stereocenters. The summed E-state index contributed by atoms with van der Waals surface area (Å²) in [6.45, 7) is 0.892. The summed E-state index contributed by atoms with van der Waals surface area (Å²) < 4.78 is 0. The zero-order valence-corrected chi connectivity index (χ0v) is 14.1. The average molecular weight is 322 g/mol. The molecule has 1 heterocycles. The molecule has 4 heteroatoms. The highest BCUT2D eigenvalue weighted by Gasteiger charge is 2.39. The molecular formula is C20H22N2O2. The van der Waals surface area contributed by atoms with Crippen LogP contribution in [0.2, 0.25) is 0 Å². The molecule has 3 rings (SSSR count). The van der Waals surface area contributed by atoms with Crippen molar-refractivity contribution in [3.63, 3.8) is 0 Å². The number of imide groups is 1. The Kier molecular flexibility index (Phi) is 4.76. The van der Waals surface area contributed by atoms with E-state index in [1.165, 1.54) is 10.5 Å². The van der Waals surface area contributed by atoms with E-state index >= 15 is 0 Å². The molecule has 1 aliphatic heterocycles. The van der Waals surface area contributed by atoms with Crippen molar-refractivity contribution in [2.45, 2.75) is 19.4 Å². The van der Waals surface area contributed by atoms with Gasteiger partial charge in [0, 0.05) is 13.0 Å². The summed E-state index contributed by atoms with van der Waals surface area (Å²) in [4.78, 5) is 28.3. The number of para-hydroxylation sites is 1. The molecule has 0 aliphatic carbocycles. The van der Waals surface area contributed by atoms with E-state index in [-0.39, 0.29) is 24.2 Å². The monoisotopic (exact) mass is 322 g/mol. The fraction of sp³-hybridized carbons (Fsp3) is 0.300. The van der Waals surface area contributed by atoms with Crippen LogP contribution in [0.25, 0.3) is 0 Å². The van der Waals surface area contributed by atoms with Gasteiger partial charge in [-0.15, -0.1) is 0 Å². The maximum atomic E-state index is 12.6. The van der Waals surface area contributed by atoms with Crippen LogP contribution in [0.4, 0.5) is 5.69 Å². The molecule has 0 N–H and O–H groups in total. The van der Waals surface area contributed by atoms with Crippen LogP contribution in [-0.4, -0.2) is 30.8 Å². The third kappa shape index (κ3) is 3.54. The highest BCUT2D eigenvalue weighted by molar-refractivity contribution is 6.20. The molecule has 1 aliphatic rings. The van der Waals surface area contributed by atoms with Gasteiger partial charge in [0.2, 0.25) is 11.8 Å². The molecule has 2 aromatic carbocycles. The van der Waals surface area contributed by atoms with Crippen LogP contribution in [0.5, 0.6) is 0 Å². The summed E-state index contributed by atoms with van der Waals surface area (Å²) in [6.07, 6.45) is 0.892. The zero-order valence-electron chi connectivity index (χ0n) is 14.1. The van der Waals surface area contributed by atoms with Gasteiger partial charge < -0.3 is 4.90 Å². The van der Waals surface area contributed by atoms with Crippen molar-refractivity contribution in [2.75, 3.05) is 19.0 Å². The number of rotatable bonds is 5. The molecule has 0 spiro atoms. The van der Waals surface area contributed by atoms with Gasteiger partial charge in [-0.25, -0.2) is 0 Å². The first kappa shape index (κ1) is 16.4. The summed E-state index contributed by atoms with van der Waals surface area (Å²) in [6, 6.07) is 17.4. The van der Waals surface area contributed by atoms with Gasteiger partial charge in [0.05, 0.1) is 11.6 Å². The third-order valence-electron chi connectivity index (χ3n) is 4.26. The maximum absolute atomic E-state index is 12.6. The molecule has 1 saturated heterocycles. The average Bonchev–Trinajstić information content (AvgIpc) is 2.83. The maximum Gasteiger partial charge on any atom is 0.237 e. The van der Waals surface area contributed by atoms with Crippen LogP contribution < -0.4 is 4.90 Å². The van der Waals surface area contributed by atoms with Crippen molar-refractivity contribution >= 4 is 17.5 Å². The summed E-state index contributed by atoms with van der Waals surface area (Å²) in [5.41, 5.74) is 3.00. The fourth-order valence-electron chi connectivity index (χ4n) is 3.13. The van der Waals surface area contributed by atoms with E-state index < -0.39 is 0 Å². The van der Waals surface area contributed by atoms with E-state index in [0.717, 1.165) is 12.1 Å². The molecule has 4 nitrogen and oxygen atoms in total. The fourth-order valence-corrected chi connectivity index (χ4v) is 3.13. The molecule has 24 heavy (non-hydrogen) atoms. The molecule has 0 saturated carbocycles. The lowest BCUT2D eigenvalue weighted by molar-refractivity contribution is -0.122. The predicted octanol–water partition coefficient (Wildman–Crippen LogP) is 2.87. The molecule has 2 aromatic rings. The largest absolute Gasteiger partial charge is 0.305 e. The first-order chi connectivity index (χ1) is 11.5. The Morgan fingerprint density at radius 3 is 2.21 bits per heavy atom. The summed E-state index contributed by atoms with van der Waals surface area (Å²) >= 11 is 0. The van der Waals surface area contributed by atoms with Crippen molar-refractivity contribution < 1.29 is 9.59 Å². The zero-order chi connectivity index (χ0) is 17.1. The second-order valence-electron chi connectivity index (χ2n) is 6.56.